The molecule has 7 nitrogen and oxygen atoms in total. The topological polar surface area (TPSA) is 84.8 Å². The summed E-state index contributed by atoms with van der Waals surface area (Å²) >= 11 is 0. The normalized spacial score (nSPS) is 21.3. The molecular weight excluding hydrogens is 339 g/mol. The number of halogens is 3. The lowest BCUT2D eigenvalue weighted by Crippen LogP contribution is -2.35. The van der Waals surface area contributed by atoms with Crippen molar-refractivity contribution < 1.29 is 22.7 Å². The van der Waals surface area contributed by atoms with E-state index < -0.39 is 17.8 Å². The molecular formula is C15H18F3N5O2. The highest BCUT2D eigenvalue weighted by Gasteiger charge is 2.34. The van der Waals surface area contributed by atoms with Gasteiger partial charge in [-0.3, -0.25) is 14.6 Å². The summed E-state index contributed by atoms with van der Waals surface area (Å²) in [6.45, 7) is 0.900. The van der Waals surface area contributed by atoms with Crippen molar-refractivity contribution >= 4 is 5.91 Å². The number of carbonyl (C=O) groups is 1. The van der Waals surface area contributed by atoms with Crippen molar-refractivity contribution in [3.63, 3.8) is 0 Å². The molecule has 2 atom stereocenters. The third-order valence-corrected chi connectivity index (χ3v) is 4.24. The van der Waals surface area contributed by atoms with Gasteiger partial charge in [-0.1, -0.05) is 0 Å². The van der Waals surface area contributed by atoms with Crippen LogP contribution >= 0.6 is 0 Å². The summed E-state index contributed by atoms with van der Waals surface area (Å²) in [4.78, 5) is 12.1. The fraction of sp³-hybridized carbons (Fsp3) is 0.533. The Morgan fingerprint density at radius 1 is 1.52 bits per heavy atom. The number of amides is 1. The second-order valence-corrected chi connectivity index (χ2v) is 5.95. The quantitative estimate of drug-likeness (QED) is 0.877. The molecule has 2 N–H and O–H groups in total. The Morgan fingerprint density at radius 3 is 2.96 bits per heavy atom. The van der Waals surface area contributed by atoms with Gasteiger partial charge in [0.1, 0.15) is 11.8 Å². The fourth-order valence-corrected chi connectivity index (χ4v) is 2.94. The molecule has 0 aliphatic carbocycles. The van der Waals surface area contributed by atoms with Crippen LogP contribution in [0, 0.1) is 5.92 Å². The van der Waals surface area contributed by atoms with E-state index in [0.29, 0.717) is 12.7 Å². The van der Waals surface area contributed by atoms with Gasteiger partial charge < -0.3 is 10.1 Å². The molecule has 1 aliphatic rings. The first-order valence-electron chi connectivity index (χ1n) is 7.86. The average Bonchev–Trinajstić information content (AvgIpc) is 3.21. The lowest BCUT2D eigenvalue weighted by Gasteiger charge is -2.31. The van der Waals surface area contributed by atoms with Crippen LogP contribution < -0.4 is 5.32 Å². The van der Waals surface area contributed by atoms with Gasteiger partial charge >= 0.3 is 6.18 Å². The fourth-order valence-electron chi connectivity index (χ4n) is 2.94. The Kier molecular flexibility index (Phi) is 4.80. The minimum atomic E-state index is -4.56. The number of hydrogen-bond acceptors (Lipinski definition) is 4. The van der Waals surface area contributed by atoms with E-state index in [1.807, 2.05) is 18.2 Å². The number of nitrogens with zero attached hydrogens (tertiary/aromatic N) is 3. The molecule has 136 valence electrons. The van der Waals surface area contributed by atoms with Crippen LogP contribution in [0.5, 0.6) is 0 Å². The first-order valence-corrected chi connectivity index (χ1v) is 7.86. The highest BCUT2D eigenvalue weighted by atomic mass is 19.4. The first-order chi connectivity index (χ1) is 11.9. The average molecular weight is 357 g/mol. The maximum Gasteiger partial charge on any atom is 0.432 e. The van der Waals surface area contributed by atoms with Crippen molar-refractivity contribution in [3.8, 4) is 0 Å². The van der Waals surface area contributed by atoms with E-state index in [-0.39, 0.29) is 24.3 Å². The number of carbonyl (C=O) groups excluding carboxylic acids is 1. The first kappa shape index (κ1) is 17.5. The van der Waals surface area contributed by atoms with Gasteiger partial charge in [-0.05, 0) is 18.9 Å². The standard InChI is InChI=1S/C15H18F3N5O2/c1-23-11(4-5-20-23)13-9(3-2-6-25-13)8-19-14(24)10-7-12(22-21-10)15(16,17)18/h4-5,7,9,13H,2-3,6,8H2,1H3,(H,19,24)(H,21,22)/t9-,13+/m0/s1. The Balaban J connectivity index is 1.64. The number of nitrogens with one attached hydrogen (secondary N) is 2. The number of aromatic nitrogens is 4. The van der Waals surface area contributed by atoms with Crippen molar-refractivity contribution in [3.05, 3.63) is 35.4 Å². The number of aryl methyl sites for hydroxylation is 1. The van der Waals surface area contributed by atoms with Gasteiger partial charge in [0, 0.05) is 38.4 Å². The number of aromatic amines is 1. The smallest absolute Gasteiger partial charge is 0.372 e. The monoisotopic (exact) mass is 357 g/mol. The molecule has 2 aromatic rings. The van der Waals surface area contributed by atoms with Crippen molar-refractivity contribution in [1.29, 1.82) is 0 Å². The van der Waals surface area contributed by atoms with Gasteiger partial charge in [-0.2, -0.15) is 23.4 Å². The second kappa shape index (κ2) is 6.87. The lowest BCUT2D eigenvalue weighted by molar-refractivity contribution is -0.141. The Bertz CT molecular complexity index is 740. The maximum atomic E-state index is 12.6. The van der Waals surface area contributed by atoms with Crippen LogP contribution in [0.4, 0.5) is 13.2 Å². The third-order valence-electron chi connectivity index (χ3n) is 4.24. The third kappa shape index (κ3) is 3.84. The predicted molar refractivity (Wildman–Crippen MR) is 80.5 cm³/mol. The zero-order valence-corrected chi connectivity index (χ0v) is 13.5. The van der Waals surface area contributed by atoms with E-state index in [1.165, 1.54) is 0 Å². The van der Waals surface area contributed by atoms with Gasteiger partial charge in [0.2, 0.25) is 0 Å². The summed E-state index contributed by atoms with van der Waals surface area (Å²) in [5, 5.41) is 12.0. The maximum absolute atomic E-state index is 12.6. The van der Waals surface area contributed by atoms with Crippen molar-refractivity contribution in [2.24, 2.45) is 13.0 Å². The van der Waals surface area contributed by atoms with E-state index in [1.54, 1.807) is 10.9 Å². The van der Waals surface area contributed by atoms with Crippen LogP contribution in [0.25, 0.3) is 0 Å². The summed E-state index contributed by atoms with van der Waals surface area (Å²) in [5.74, 6) is -0.643. The van der Waals surface area contributed by atoms with Crippen molar-refractivity contribution in [2.75, 3.05) is 13.2 Å². The van der Waals surface area contributed by atoms with E-state index in [9.17, 15) is 18.0 Å². The molecule has 1 amide bonds. The summed E-state index contributed by atoms with van der Waals surface area (Å²) in [6, 6.07) is 2.55. The van der Waals surface area contributed by atoms with Crippen LogP contribution in [0.15, 0.2) is 18.3 Å². The summed E-state index contributed by atoms with van der Waals surface area (Å²) in [6.07, 6.45) is -1.41. The number of ether oxygens (including phenoxy) is 1. The largest absolute Gasteiger partial charge is 0.432 e. The zero-order valence-electron chi connectivity index (χ0n) is 13.5. The molecule has 25 heavy (non-hydrogen) atoms. The number of H-pyrrole nitrogens is 1. The Hall–Kier alpha value is -2.36. The van der Waals surface area contributed by atoms with Crippen molar-refractivity contribution in [2.45, 2.75) is 25.1 Å². The molecule has 0 saturated carbocycles. The van der Waals surface area contributed by atoms with Crippen LogP contribution in [-0.2, 0) is 18.0 Å². The predicted octanol–water partition coefficient (Wildman–Crippen LogP) is 2.06. The molecule has 3 rings (SSSR count). The molecule has 3 heterocycles. The summed E-state index contributed by atoms with van der Waals surface area (Å²) in [7, 11) is 1.81. The number of hydrogen-bond donors (Lipinski definition) is 2. The molecule has 10 heteroatoms. The Labute approximate surface area is 141 Å². The van der Waals surface area contributed by atoms with Crippen molar-refractivity contribution in [1.82, 2.24) is 25.3 Å². The van der Waals surface area contributed by atoms with Gasteiger partial charge in [0.05, 0.1) is 5.69 Å². The van der Waals surface area contributed by atoms with Crippen LogP contribution in [0.3, 0.4) is 0 Å². The molecule has 0 unspecified atom stereocenters. The highest BCUT2D eigenvalue weighted by Crippen LogP contribution is 2.33. The van der Waals surface area contributed by atoms with E-state index in [4.69, 9.17) is 4.74 Å². The minimum Gasteiger partial charge on any atom is -0.372 e. The molecule has 2 aromatic heterocycles. The molecule has 1 fully saturated rings. The van der Waals surface area contributed by atoms with Gasteiger partial charge in [0.25, 0.3) is 5.91 Å². The molecule has 0 aromatic carbocycles. The SMILES string of the molecule is Cn1nccc1[C@@H]1OCCC[C@H]1CNC(=O)c1cc(C(F)(F)F)[nH]n1. The van der Waals surface area contributed by atoms with Gasteiger partial charge in [-0.25, -0.2) is 0 Å². The molecule has 0 bridgehead atoms. The van der Waals surface area contributed by atoms with Crippen LogP contribution in [-0.4, -0.2) is 39.0 Å². The van der Waals surface area contributed by atoms with E-state index in [0.717, 1.165) is 18.5 Å². The Morgan fingerprint density at radius 2 is 2.32 bits per heavy atom. The van der Waals surface area contributed by atoms with Crippen LogP contribution in [0.2, 0.25) is 0 Å². The number of alkyl halides is 3. The highest BCUT2D eigenvalue weighted by molar-refractivity contribution is 5.92. The second-order valence-electron chi connectivity index (χ2n) is 5.95. The summed E-state index contributed by atoms with van der Waals surface area (Å²) < 4.78 is 45.2. The van der Waals surface area contributed by atoms with E-state index in [2.05, 4.69) is 15.5 Å². The molecule has 0 radical (unpaired) electrons. The molecule has 1 saturated heterocycles. The molecule has 0 spiro atoms. The molecule has 1 aliphatic heterocycles. The number of rotatable bonds is 4. The minimum absolute atomic E-state index is 0.00845. The lowest BCUT2D eigenvalue weighted by atomic mass is 9.92. The summed E-state index contributed by atoms with van der Waals surface area (Å²) in [5.41, 5.74) is -0.439. The van der Waals surface area contributed by atoms with Crippen LogP contribution in [0.1, 0.15) is 40.8 Å². The van der Waals surface area contributed by atoms with Gasteiger partial charge in [0.15, 0.2) is 5.69 Å². The zero-order chi connectivity index (χ0) is 18.0. The van der Waals surface area contributed by atoms with E-state index >= 15 is 0 Å². The van der Waals surface area contributed by atoms with Gasteiger partial charge in [-0.15, -0.1) is 0 Å².